The van der Waals surface area contributed by atoms with Crippen molar-refractivity contribution in [3.05, 3.63) is 29.6 Å². The first-order valence-electron chi connectivity index (χ1n) is 6.64. The molecule has 1 aliphatic rings. The van der Waals surface area contributed by atoms with Gasteiger partial charge in [-0.15, -0.1) is 0 Å². The summed E-state index contributed by atoms with van der Waals surface area (Å²) in [6.07, 6.45) is 0. The van der Waals surface area contributed by atoms with Crippen LogP contribution in [0.4, 0.5) is 10.1 Å². The van der Waals surface area contributed by atoms with Gasteiger partial charge in [0.05, 0.1) is 13.7 Å². The third kappa shape index (κ3) is 3.91. The fourth-order valence-electron chi connectivity index (χ4n) is 2.27. The van der Waals surface area contributed by atoms with Crippen molar-refractivity contribution < 1.29 is 18.7 Å². The first-order valence-corrected chi connectivity index (χ1v) is 6.64. The van der Waals surface area contributed by atoms with Gasteiger partial charge >= 0.3 is 5.97 Å². The number of nitrogens with zero attached hydrogens (tertiary/aromatic N) is 2. The highest BCUT2D eigenvalue weighted by atomic mass is 19.1. The topological polar surface area (TPSA) is 75.9 Å². The molecule has 2 N–H and O–H groups in total. The van der Waals surface area contributed by atoms with E-state index in [0.29, 0.717) is 26.2 Å². The average molecular weight is 295 g/mol. The number of rotatable bonds is 3. The van der Waals surface area contributed by atoms with Gasteiger partial charge in [0.1, 0.15) is 5.82 Å². The lowest BCUT2D eigenvalue weighted by Crippen LogP contribution is -2.50. The van der Waals surface area contributed by atoms with E-state index in [1.807, 2.05) is 4.90 Å². The van der Waals surface area contributed by atoms with Crippen LogP contribution in [0.3, 0.4) is 0 Å². The van der Waals surface area contributed by atoms with E-state index in [0.717, 1.165) is 0 Å². The number of hydrogen-bond donors (Lipinski definition) is 1. The molecule has 1 aromatic carbocycles. The number of anilines is 1. The van der Waals surface area contributed by atoms with Gasteiger partial charge in [-0.3, -0.25) is 14.5 Å². The standard InChI is InChI=1S/C14H18FN3O3/c1-21-13(19)9-17-2-4-18(5-3-17)14(20)10-6-11(15)8-12(16)7-10/h6-8H,2-5,9,16H2,1H3. The minimum atomic E-state index is -0.525. The van der Waals surface area contributed by atoms with Crippen molar-refractivity contribution >= 4 is 17.6 Å². The van der Waals surface area contributed by atoms with Crippen molar-refractivity contribution in [3.63, 3.8) is 0 Å². The first-order chi connectivity index (χ1) is 9.99. The number of piperazine rings is 1. The molecule has 1 saturated heterocycles. The Hall–Kier alpha value is -2.15. The minimum absolute atomic E-state index is 0.214. The molecule has 1 amide bonds. The summed E-state index contributed by atoms with van der Waals surface area (Å²) in [5.74, 6) is -1.07. The van der Waals surface area contributed by atoms with Crippen LogP contribution in [0.2, 0.25) is 0 Å². The first kappa shape index (κ1) is 15.2. The lowest BCUT2D eigenvalue weighted by Gasteiger charge is -2.34. The Labute approximate surface area is 122 Å². The molecular weight excluding hydrogens is 277 g/mol. The lowest BCUT2D eigenvalue weighted by atomic mass is 10.1. The summed E-state index contributed by atoms with van der Waals surface area (Å²) in [5.41, 5.74) is 6.02. The number of halogens is 1. The largest absolute Gasteiger partial charge is 0.468 e. The van der Waals surface area contributed by atoms with Crippen LogP contribution < -0.4 is 5.73 Å². The maximum absolute atomic E-state index is 13.3. The summed E-state index contributed by atoms with van der Waals surface area (Å²) in [6.45, 7) is 2.32. The zero-order chi connectivity index (χ0) is 15.4. The van der Waals surface area contributed by atoms with Crippen molar-refractivity contribution in [2.45, 2.75) is 0 Å². The molecule has 21 heavy (non-hydrogen) atoms. The van der Waals surface area contributed by atoms with Gasteiger partial charge in [-0.2, -0.15) is 0 Å². The molecule has 0 aliphatic carbocycles. The molecule has 0 bridgehead atoms. The van der Waals surface area contributed by atoms with Gasteiger partial charge in [0, 0.05) is 37.4 Å². The Bertz CT molecular complexity index is 522. The molecule has 6 nitrogen and oxygen atoms in total. The van der Waals surface area contributed by atoms with E-state index in [1.54, 1.807) is 4.90 Å². The summed E-state index contributed by atoms with van der Waals surface area (Å²) in [7, 11) is 1.34. The fraction of sp³-hybridized carbons (Fsp3) is 0.429. The van der Waals surface area contributed by atoms with Crippen LogP contribution in [-0.4, -0.2) is 61.5 Å². The lowest BCUT2D eigenvalue weighted by molar-refractivity contribution is -0.142. The summed E-state index contributed by atoms with van der Waals surface area (Å²) in [4.78, 5) is 27.0. The second kappa shape index (κ2) is 6.53. The number of nitrogen functional groups attached to an aromatic ring is 1. The van der Waals surface area contributed by atoms with Gasteiger partial charge in [0.15, 0.2) is 0 Å². The predicted octanol–water partition coefficient (Wildman–Crippen LogP) is 0.339. The number of carbonyl (C=O) groups is 2. The number of hydrogen-bond acceptors (Lipinski definition) is 5. The molecule has 7 heteroatoms. The Kier molecular flexibility index (Phi) is 4.74. The number of nitrogens with two attached hydrogens (primary N) is 1. The molecule has 1 heterocycles. The Morgan fingerprint density at radius 3 is 2.48 bits per heavy atom. The summed E-state index contributed by atoms with van der Waals surface area (Å²) in [5, 5.41) is 0. The van der Waals surface area contributed by atoms with Gasteiger partial charge in [-0.25, -0.2) is 4.39 Å². The van der Waals surface area contributed by atoms with Crippen molar-refractivity contribution in [3.8, 4) is 0 Å². The maximum Gasteiger partial charge on any atom is 0.319 e. The number of methoxy groups -OCH3 is 1. The molecule has 0 unspecified atom stereocenters. The molecule has 114 valence electrons. The fourth-order valence-corrected chi connectivity index (χ4v) is 2.27. The van der Waals surface area contributed by atoms with Crippen molar-refractivity contribution in [2.75, 3.05) is 45.6 Å². The second-order valence-corrected chi connectivity index (χ2v) is 4.92. The number of amides is 1. The van der Waals surface area contributed by atoms with Crippen molar-refractivity contribution in [2.24, 2.45) is 0 Å². The number of ether oxygens (including phenoxy) is 1. The zero-order valence-corrected chi connectivity index (χ0v) is 11.8. The molecule has 0 radical (unpaired) electrons. The number of benzene rings is 1. The SMILES string of the molecule is COC(=O)CN1CCN(C(=O)c2cc(N)cc(F)c2)CC1. The van der Waals surface area contributed by atoms with Crippen LogP contribution in [0.15, 0.2) is 18.2 Å². The van der Waals surface area contributed by atoms with Crippen molar-refractivity contribution in [1.82, 2.24) is 9.80 Å². The third-order valence-electron chi connectivity index (χ3n) is 3.41. The zero-order valence-electron chi connectivity index (χ0n) is 11.8. The third-order valence-corrected chi connectivity index (χ3v) is 3.41. The maximum atomic E-state index is 13.3. The summed E-state index contributed by atoms with van der Waals surface area (Å²) in [6, 6.07) is 3.82. The Balaban J connectivity index is 1.95. The van der Waals surface area contributed by atoms with Crippen LogP contribution in [0, 0.1) is 5.82 Å². The van der Waals surface area contributed by atoms with Crippen LogP contribution >= 0.6 is 0 Å². The van der Waals surface area contributed by atoms with Crippen LogP contribution in [-0.2, 0) is 9.53 Å². The van der Waals surface area contributed by atoms with E-state index in [9.17, 15) is 14.0 Å². The minimum Gasteiger partial charge on any atom is -0.468 e. The van der Waals surface area contributed by atoms with Gasteiger partial charge < -0.3 is 15.4 Å². The van der Waals surface area contributed by atoms with Gasteiger partial charge in [-0.1, -0.05) is 0 Å². The molecular formula is C14H18FN3O3. The van der Waals surface area contributed by atoms with Gasteiger partial charge in [0.2, 0.25) is 0 Å². The van der Waals surface area contributed by atoms with E-state index < -0.39 is 5.82 Å². The average Bonchev–Trinajstić information content (AvgIpc) is 2.46. The Morgan fingerprint density at radius 1 is 1.24 bits per heavy atom. The Morgan fingerprint density at radius 2 is 1.90 bits per heavy atom. The summed E-state index contributed by atoms with van der Waals surface area (Å²) >= 11 is 0. The molecule has 1 fully saturated rings. The van der Waals surface area contributed by atoms with E-state index in [4.69, 9.17) is 5.73 Å². The summed E-state index contributed by atoms with van der Waals surface area (Å²) < 4.78 is 17.9. The molecule has 0 saturated carbocycles. The second-order valence-electron chi connectivity index (χ2n) is 4.92. The molecule has 1 aliphatic heterocycles. The predicted molar refractivity (Wildman–Crippen MR) is 75.2 cm³/mol. The monoisotopic (exact) mass is 295 g/mol. The quantitative estimate of drug-likeness (QED) is 0.643. The van der Waals surface area contributed by atoms with Crippen LogP contribution in [0.1, 0.15) is 10.4 Å². The highest BCUT2D eigenvalue weighted by Crippen LogP contribution is 2.14. The molecule has 0 spiro atoms. The molecule has 0 aromatic heterocycles. The van der Waals surface area contributed by atoms with E-state index in [1.165, 1.54) is 25.3 Å². The smallest absolute Gasteiger partial charge is 0.319 e. The normalized spacial score (nSPS) is 15.8. The number of esters is 1. The highest BCUT2D eigenvalue weighted by molar-refractivity contribution is 5.95. The molecule has 1 aromatic rings. The van der Waals surface area contributed by atoms with Crippen molar-refractivity contribution in [1.29, 1.82) is 0 Å². The van der Waals surface area contributed by atoms with Gasteiger partial charge in [0.25, 0.3) is 5.91 Å². The van der Waals surface area contributed by atoms with Crippen LogP contribution in [0.25, 0.3) is 0 Å². The molecule has 0 atom stereocenters. The van der Waals surface area contributed by atoms with Crippen LogP contribution in [0.5, 0.6) is 0 Å². The van der Waals surface area contributed by atoms with E-state index >= 15 is 0 Å². The highest BCUT2D eigenvalue weighted by Gasteiger charge is 2.23. The van der Waals surface area contributed by atoms with E-state index in [2.05, 4.69) is 4.74 Å². The van der Waals surface area contributed by atoms with Gasteiger partial charge in [-0.05, 0) is 18.2 Å². The van der Waals surface area contributed by atoms with E-state index in [-0.39, 0.29) is 29.7 Å². The molecule has 2 rings (SSSR count). The number of carbonyl (C=O) groups excluding carboxylic acids is 2.